The second-order valence-electron chi connectivity index (χ2n) is 5.71. The van der Waals surface area contributed by atoms with Gasteiger partial charge in [-0.3, -0.25) is 0 Å². The molecule has 0 radical (unpaired) electrons. The van der Waals surface area contributed by atoms with E-state index in [2.05, 4.69) is 15.3 Å². The van der Waals surface area contributed by atoms with Gasteiger partial charge in [-0.15, -0.1) is 0 Å². The molecule has 4 aromatic rings. The number of furan rings is 1. The number of rotatable bonds is 5. The van der Waals surface area contributed by atoms with E-state index in [1.807, 2.05) is 60.7 Å². The third kappa shape index (κ3) is 3.36. The summed E-state index contributed by atoms with van der Waals surface area (Å²) in [4.78, 5) is 8.96. The first-order valence-corrected chi connectivity index (χ1v) is 8.06. The smallest absolute Gasteiger partial charge is 0.159 e. The normalized spacial score (nSPS) is 10.9. The van der Waals surface area contributed by atoms with Crippen molar-refractivity contribution in [3.05, 3.63) is 78.3 Å². The topological polar surface area (TPSA) is 71.2 Å². The molecule has 2 aromatic carbocycles. The maximum Gasteiger partial charge on any atom is 0.159 e. The van der Waals surface area contributed by atoms with Gasteiger partial charge in [-0.2, -0.15) is 0 Å². The minimum Gasteiger partial charge on any atom is -0.459 e. The van der Waals surface area contributed by atoms with E-state index in [4.69, 9.17) is 9.52 Å². The van der Waals surface area contributed by atoms with Gasteiger partial charge in [0.25, 0.3) is 0 Å². The molecule has 0 amide bonds. The summed E-state index contributed by atoms with van der Waals surface area (Å²) >= 11 is 0. The molecule has 0 atom stereocenters. The van der Waals surface area contributed by atoms with E-state index in [-0.39, 0.29) is 6.61 Å². The van der Waals surface area contributed by atoms with E-state index in [1.165, 1.54) is 0 Å². The van der Waals surface area contributed by atoms with Gasteiger partial charge in [0.2, 0.25) is 0 Å². The third-order valence-corrected chi connectivity index (χ3v) is 3.94. The molecule has 0 unspecified atom stereocenters. The largest absolute Gasteiger partial charge is 0.459 e. The van der Waals surface area contributed by atoms with Crippen LogP contribution in [0.5, 0.6) is 0 Å². The molecule has 0 aliphatic carbocycles. The van der Waals surface area contributed by atoms with Crippen molar-refractivity contribution in [1.29, 1.82) is 0 Å². The third-order valence-electron chi connectivity index (χ3n) is 3.94. The molecule has 25 heavy (non-hydrogen) atoms. The minimum absolute atomic E-state index is 0.0966. The maximum absolute atomic E-state index is 9.16. The molecular formula is C20H17N3O2. The van der Waals surface area contributed by atoms with E-state index >= 15 is 0 Å². The molecule has 0 aliphatic rings. The van der Waals surface area contributed by atoms with Crippen LogP contribution in [0.15, 0.2) is 71.3 Å². The van der Waals surface area contributed by atoms with Crippen LogP contribution in [0.2, 0.25) is 0 Å². The number of hydrogen-bond acceptors (Lipinski definition) is 5. The zero-order chi connectivity index (χ0) is 17.1. The predicted octanol–water partition coefficient (Wildman–Crippen LogP) is 3.99. The van der Waals surface area contributed by atoms with Gasteiger partial charge in [0.05, 0.1) is 12.2 Å². The number of benzene rings is 2. The first-order chi connectivity index (χ1) is 12.3. The van der Waals surface area contributed by atoms with Crippen molar-refractivity contribution in [3.63, 3.8) is 0 Å². The Morgan fingerprint density at radius 3 is 2.72 bits per heavy atom. The molecule has 5 heteroatoms. The molecular weight excluding hydrogens is 314 g/mol. The second kappa shape index (κ2) is 6.75. The molecule has 2 aromatic heterocycles. The Bertz CT molecular complexity index is 996. The van der Waals surface area contributed by atoms with Crippen LogP contribution in [0.25, 0.3) is 22.4 Å². The Morgan fingerprint density at radius 2 is 1.88 bits per heavy atom. The van der Waals surface area contributed by atoms with E-state index < -0.39 is 0 Å². The summed E-state index contributed by atoms with van der Waals surface area (Å²) in [5.74, 6) is 1.29. The molecule has 0 aliphatic heterocycles. The van der Waals surface area contributed by atoms with Crippen LogP contribution in [0.1, 0.15) is 11.5 Å². The molecule has 2 heterocycles. The van der Waals surface area contributed by atoms with E-state index in [1.54, 1.807) is 6.20 Å². The van der Waals surface area contributed by atoms with Gasteiger partial charge in [-0.25, -0.2) is 9.97 Å². The second-order valence-corrected chi connectivity index (χ2v) is 5.71. The van der Waals surface area contributed by atoms with Crippen molar-refractivity contribution < 1.29 is 9.52 Å². The molecule has 5 nitrogen and oxygen atoms in total. The number of aliphatic hydroxyl groups is 1. The average molecular weight is 331 g/mol. The molecule has 4 rings (SSSR count). The highest BCUT2D eigenvalue weighted by molar-refractivity contribution is 5.81. The van der Waals surface area contributed by atoms with Gasteiger partial charge in [0, 0.05) is 22.8 Å². The summed E-state index contributed by atoms with van der Waals surface area (Å²) in [6.07, 6.45) is 1.78. The highest BCUT2D eigenvalue weighted by Gasteiger charge is 2.05. The van der Waals surface area contributed by atoms with Gasteiger partial charge >= 0.3 is 0 Å². The summed E-state index contributed by atoms with van der Waals surface area (Å²) in [6, 6.07) is 19.5. The van der Waals surface area contributed by atoms with Crippen molar-refractivity contribution in [2.75, 3.05) is 5.32 Å². The van der Waals surface area contributed by atoms with Crippen molar-refractivity contribution in [3.8, 4) is 11.4 Å². The van der Waals surface area contributed by atoms with Gasteiger partial charge < -0.3 is 14.8 Å². The highest BCUT2D eigenvalue weighted by atomic mass is 16.4. The van der Waals surface area contributed by atoms with Crippen LogP contribution in [-0.2, 0) is 13.2 Å². The summed E-state index contributed by atoms with van der Waals surface area (Å²) in [6.45, 7) is 0.499. The van der Waals surface area contributed by atoms with Gasteiger partial charge in [0.15, 0.2) is 5.82 Å². The number of fused-ring (bicyclic) bond motifs is 1. The first kappa shape index (κ1) is 15.4. The van der Waals surface area contributed by atoms with Gasteiger partial charge in [0.1, 0.15) is 18.0 Å². The molecule has 0 saturated heterocycles. The lowest BCUT2D eigenvalue weighted by molar-refractivity contribution is 0.251. The number of anilines is 1. The summed E-state index contributed by atoms with van der Waals surface area (Å²) in [5.41, 5.74) is 3.65. The molecule has 0 saturated carbocycles. The monoisotopic (exact) mass is 331 g/mol. The van der Waals surface area contributed by atoms with Crippen LogP contribution < -0.4 is 5.32 Å². The molecule has 0 spiro atoms. The standard InChI is InChI=1S/C20H17N3O2/c24-13-18-11-15-10-16(6-7-19(15)25-18)22-12-17-8-9-21-20(23-17)14-4-2-1-3-5-14/h1-11,22,24H,12-13H2. The first-order valence-electron chi connectivity index (χ1n) is 8.06. The summed E-state index contributed by atoms with van der Waals surface area (Å²) in [5, 5.41) is 13.5. The molecule has 124 valence electrons. The SMILES string of the molecule is OCc1cc2cc(NCc3ccnc(-c4ccccc4)n3)ccc2o1. The average Bonchev–Trinajstić information content (AvgIpc) is 3.10. The number of nitrogens with one attached hydrogen (secondary N) is 1. The Hall–Kier alpha value is -3.18. The zero-order valence-corrected chi connectivity index (χ0v) is 13.5. The molecule has 2 N–H and O–H groups in total. The molecule has 0 bridgehead atoms. The van der Waals surface area contributed by atoms with Crippen LogP contribution in [0.3, 0.4) is 0 Å². The van der Waals surface area contributed by atoms with Crippen LogP contribution >= 0.6 is 0 Å². The minimum atomic E-state index is -0.0966. The maximum atomic E-state index is 9.16. The van der Waals surface area contributed by atoms with Gasteiger partial charge in [-0.05, 0) is 30.3 Å². The summed E-state index contributed by atoms with van der Waals surface area (Å²) in [7, 11) is 0. The van der Waals surface area contributed by atoms with E-state index in [9.17, 15) is 0 Å². The number of hydrogen-bond donors (Lipinski definition) is 2. The van der Waals surface area contributed by atoms with E-state index in [0.29, 0.717) is 12.3 Å². The fourth-order valence-corrected chi connectivity index (χ4v) is 2.70. The van der Waals surface area contributed by atoms with Gasteiger partial charge in [-0.1, -0.05) is 30.3 Å². The Morgan fingerprint density at radius 1 is 1.00 bits per heavy atom. The molecule has 0 fully saturated rings. The van der Waals surface area contributed by atoms with Crippen LogP contribution in [0.4, 0.5) is 5.69 Å². The lowest BCUT2D eigenvalue weighted by Gasteiger charge is -2.07. The van der Waals surface area contributed by atoms with Crippen molar-refractivity contribution >= 4 is 16.7 Å². The van der Waals surface area contributed by atoms with Crippen LogP contribution in [-0.4, -0.2) is 15.1 Å². The highest BCUT2D eigenvalue weighted by Crippen LogP contribution is 2.23. The Balaban J connectivity index is 1.51. The Labute approximate surface area is 145 Å². The lowest BCUT2D eigenvalue weighted by atomic mass is 10.2. The summed E-state index contributed by atoms with van der Waals surface area (Å²) < 4.78 is 5.50. The van der Waals surface area contributed by atoms with Crippen molar-refractivity contribution in [2.45, 2.75) is 13.2 Å². The predicted molar refractivity (Wildman–Crippen MR) is 96.9 cm³/mol. The lowest BCUT2D eigenvalue weighted by Crippen LogP contribution is -2.03. The number of aromatic nitrogens is 2. The van der Waals surface area contributed by atoms with Crippen LogP contribution in [0, 0.1) is 0 Å². The van der Waals surface area contributed by atoms with E-state index in [0.717, 1.165) is 33.7 Å². The Kier molecular flexibility index (Phi) is 4.14. The fraction of sp³-hybridized carbons (Fsp3) is 0.100. The number of aliphatic hydroxyl groups excluding tert-OH is 1. The van der Waals surface area contributed by atoms with Crippen molar-refractivity contribution in [1.82, 2.24) is 9.97 Å². The zero-order valence-electron chi connectivity index (χ0n) is 13.5. The number of nitrogens with zero attached hydrogens (tertiary/aromatic N) is 2. The quantitative estimate of drug-likeness (QED) is 0.578. The van der Waals surface area contributed by atoms with Crippen molar-refractivity contribution in [2.24, 2.45) is 0 Å². The fourth-order valence-electron chi connectivity index (χ4n) is 2.70.